The first-order valence-electron chi connectivity index (χ1n) is 6.08. The predicted octanol–water partition coefficient (Wildman–Crippen LogP) is 2.67. The Morgan fingerprint density at radius 3 is 2.50 bits per heavy atom. The molecule has 3 nitrogen and oxygen atoms in total. The highest BCUT2D eigenvalue weighted by atomic mass is 19.4. The van der Waals surface area contributed by atoms with Crippen LogP contribution < -0.4 is 10.5 Å². The van der Waals surface area contributed by atoms with Crippen molar-refractivity contribution in [2.45, 2.75) is 25.6 Å². The second-order valence-corrected chi connectivity index (χ2v) is 4.49. The van der Waals surface area contributed by atoms with Crippen LogP contribution in [0.15, 0.2) is 18.2 Å². The minimum atomic E-state index is -4.36. The molecule has 0 saturated heterocycles. The van der Waals surface area contributed by atoms with Gasteiger partial charge < -0.3 is 15.2 Å². The number of benzene rings is 1. The number of nitrogens with two attached hydrogens (primary N) is 1. The van der Waals surface area contributed by atoms with Gasteiger partial charge in [-0.05, 0) is 31.0 Å². The third-order valence-electron chi connectivity index (χ3n) is 2.25. The van der Waals surface area contributed by atoms with Crippen molar-refractivity contribution in [2.75, 3.05) is 19.8 Å². The summed E-state index contributed by atoms with van der Waals surface area (Å²) >= 11 is 0. The van der Waals surface area contributed by atoms with Crippen LogP contribution in [0.4, 0.5) is 17.6 Å². The van der Waals surface area contributed by atoms with Crippen LogP contribution in [0.3, 0.4) is 0 Å². The van der Waals surface area contributed by atoms with E-state index in [4.69, 9.17) is 10.5 Å². The van der Waals surface area contributed by atoms with Crippen LogP contribution >= 0.6 is 0 Å². The van der Waals surface area contributed by atoms with E-state index in [9.17, 15) is 17.6 Å². The largest absolute Gasteiger partial charge is 0.491 e. The first-order chi connectivity index (χ1) is 9.26. The van der Waals surface area contributed by atoms with Crippen molar-refractivity contribution in [3.63, 3.8) is 0 Å². The topological polar surface area (TPSA) is 44.5 Å². The zero-order valence-corrected chi connectivity index (χ0v) is 11.0. The van der Waals surface area contributed by atoms with E-state index in [0.717, 1.165) is 6.07 Å². The van der Waals surface area contributed by atoms with E-state index in [1.54, 1.807) is 13.0 Å². The molecule has 0 fully saturated rings. The lowest BCUT2D eigenvalue weighted by atomic mass is 10.1. The van der Waals surface area contributed by atoms with Gasteiger partial charge in [-0.1, -0.05) is 0 Å². The van der Waals surface area contributed by atoms with Gasteiger partial charge in [0.15, 0.2) is 0 Å². The summed E-state index contributed by atoms with van der Waals surface area (Å²) in [6.45, 7) is 0.154. The Morgan fingerprint density at radius 2 is 1.90 bits per heavy atom. The van der Waals surface area contributed by atoms with Crippen LogP contribution in [0.2, 0.25) is 0 Å². The maximum absolute atomic E-state index is 13.3. The zero-order valence-electron chi connectivity index (χ0n) is 11.0. The van der Waals surface area contributed by atoms with Crippen LogP contribution in [0, 0.1) is 5.82 Å². The second kappa shape index (κ2) is 7.44. The molecule has 0 radical (unpaired) electrons. The normalized spacial score (nSPS) is 13.3. The molecule has 0 aromatic heterocycles. The summed E-state index contributed by atoms with van der Waals surface area (Å²) in [5, 5.41) is 0. The highest BCUT2D eigenvalue weighted by Crippen LogP contribution is 2.18. The van der Waals surface area contributed by atoms with E-state index in [1.807, 2.05) is 0 Å². The van der Waals surface area contributed by atoms with Crippen molar-refractivity contribution in [1.29, 1.82) is 0 Å². The van der Waals surface area contributed by atoms with Gasteiger partial charge in [0.05, 0.1) is 6.61 Å². The Balaban J connectivity index is 2.41. The van der Waals surface area contributed by atoms with Crippen molar-refractivity contribution in [2.24, 2.45) is 5.73 Å². The highest BCUT2D eigenvalue weighted by Gasteiger charge is 2.27. The van der Waals surface area contributed by atoms with E-state index in [0.29, 0.717) is 12.0 Å². The molecule has 0 aliphatic carbocycles. The quantitative estimate of drug-likeness (QED) is 0.621. The number of hydrogen-bond donors (Lipinski definition) is 1. The fourth-order valence-electron chi connectivity index (χ4n) is 1.60. The lowest BCUT2D eigenvalue weighted by Gasteiger charge is -2.11. The molecule has 0 heterocycles. The Hall–Kier alpha value is -1.34. The Labute approximate surface area is 114 Å². The number of halogens is 4. The molecule has 0 amide bonds. The summed E-state index contributed by atoms with van der Waals surface area (Å²) in [7, 11) is 0. The van der Waals surface area contributed by atoms with Gasteiger partial charge in [-0.15, -0.1) is 0 Å². The van der Waals surface area contributed by atoms with Crippen molar-refractivity contribution in [3.05, 3.63) is 29.6 Å². The number of rotatable bonds is 7. The summed E-state index contributed by atoms with van der Waals surface area (Å²) in [6, 6.07) is 3.99. The smallest absolute Gasteiger partial charge is 0.411 e. The minimum absolute atomic E-state index is 0.0862. The average molecular weight is 295 g/mol. The molecule has 2 N–H and O–H groups in total. The van der Waals surface area contributed by atoms with Crippen molar-refractivity contribution in [1.82, 2.24) is 0 Å². The lowest BCUT2D eigenvalue weighted by Crippen LogP contribution is -2.19. The maximum atomic E-state index is 13.3. The van der Waals surface area contributed by atoms with Gasteiger partial charge in [0, 0.05) is 12.1 Å². The third-order valence-corrected chi connectivity index (χ3v) is 2.25. The van der Waals surface area contributed by atoms with Crippen LogP contribution in [-0.4, -0.2) is 32.0 Å². The molecule has 1 aromatic rings. The summed E-state index contributed by atoms with van der Waals surface area (Å²) < 4.78 is 58.3. The van der Waals surface area contributed by atoms with E-state index < -0.39 is 18.6 Å². The molecule has 0 aliphatic heterocycles. The molecule has 114 valence electrons. The van der Waals surface area contributed by atoms with E-state index in [1.165, 1.54) is 6.07 Å². The van der Waals surface area contributed by atoms with Gasteiger partial charge in [-0.2, -0.15) is 13.2 Å². The Kier molecular flexibility index (Phi) is 6.22. The van der Waals surface area contributed by atoms with Crippen LogP contribution in [0.25, 0.3) is 0 Å². The molecule has 1 atom stereocenters. The monoisotopic (exact) mass is 295 g/mol. The highest BCUT2D eigenvalue weighted by molar-refractivity contribution is 5.30. The van der Waals surface area contributed by atoms with Gasteiger partial charge >= 0.3 is 6.18 Å². The van der Waals surface area contributed by atoms with Gasteiger partial charge in [0.1, 0.15) is 24.8 Å². The number of ether oxygens (including phenoxy) is 2. The molecule has 0 bridgehead atoms. The lowest BCUT2D eigenvalue weighted by molar-refractivity contribution is -0.175. The van der Waals surface area contributed by atoms with Crippen LogP contribution in [0.5, 0.6) is 5.75 Å². The molecule has 0 aliphatic rings. The van der Waals surface area contributed by atoms with E-state index in [2.05, 4.69) is 4.74 Å². The van der Waals surface area contributed by atoms with Gasteiger partial charge in [-0.25, -0.2) is 4.39 Å². The van der Waals surface area contributed by atoms with Gasteiger partial charge in [-0.3, -0.25) is 0 Å². The third kappa shape index (κ3) is 7.30. The van der Waals surface area contributed by atoms with Crippen LogP contribution in [-0.2, 0) is 11.2 Å². The molecular weight excluding hydrogens is 278 g/mol. The number of hydrogen-bond acceptors (Lipinski definition) is 3. The summed E-state index contributed by atoms with van der Waals surface area (Å²) in [4.78, 5) is 0. The number of alkyl halides is 3. The summed E-state index contributed by atoms with van der Waals surface area (Å²) in [6.07, 6.45) is -3.87. The Morgan fingerprint density at radius 1 is 1.20 bits per heavy atom. The van der Waals surface area contributed by atoms with Crippen molar-refractivity contribution < 1.29 is 27.0 Å². The van der Waals surface area contributed by atoms with Gasteiger partial charge in [0.2, 0.25) is 0 Å². The Bertz CT molecular complexity index is 421. The minimum Gasteiger partial charge on any atom is -0.491 e. The second-order valence-electron chi connectivity index (χ2n) is 4.49. The SMILES string of the molecule is CC(N)Cc1cc(F)cc(OCCOCC(F)(F)F)c1. The van der Waals surface area contributed by atoms with E-state index >= 15 is 0 Å². The molecule has 1 aromatic carbocycles. The molecule has 0 saturated carbocycles. The fourth-order valence-corrected chi connectivity index (χ4v) is 1.60. The molecule has 1 rings (SSSR count). The van der Waals surface area contributed by atoms with Crippen LogP contribution in [0.1, 0.15) is 12.5 Å². The van der Waals surface area contributed by atoms with Crippen molar-refractivity contribution in [3.8, 4) is 5.75 Å². The molecular formula is C13H17F4NO2. The molecule has 0 spiro atoms. The first-order valence-corrected chi connectivity index (χ1v) is 6.08. The average Bonchev–Trinajstić information content (AvgIpc) is 2.25. The maximum Gasteiger partial charge on any atom is 0.411 e. The molecule has 7 heteroatoms. The van der Waals surface area contributed by atoms with E-state index in [-0.39, 0.29) is 25.0 Å². The zero-order chi connectivity index (χ0) is 15.2. The standard InChI is InChI=1S/C13H17F4NO2/c1-9(18)4-10-5-11(14)7-12(6-10)20-3-2-19-8-13(15,16)17/h5-7,9H,2-4,8,18H2,1H3. The van der Waals surface area contributed by atoms with Crippen molar-refractivity contribution >= 4 is 0 Å². The first kappa shape index (κ1) is 16.7. The summed E-state index contributed by atoms with van der Waals surface area (Å²) in [5.41, 5.74) is 6.29. The molecule has 1 unspecified atom stereocenters. The summed E-state index contributed by atoms with van der Waals surface area (Å²) in [5.74, 6) is -0.231. The van der Waals surface area contributed by atoms with Gasteiger partial charge in [0.25, 0.3) is 0 Å². The fraction of sp³-hybridized carbons (Fsp3) is 0.538. The predicted molar refractivity (Wildman–Crippen MR) is 66.1 cm³/mol. The molecule has 20 heavy (non-hydrogen) atoms.